The van der Waals surface area contributed by atoms with Crippen LogP contribution in [0.5, 0.6) is 0 Å². The van der Waals surface area contributed by atoms with Crippen LogP contribution in [0, 0.1) is 11.3 Å². The van der Waals surface area contributed by atoms with E-state index in [1.165, 1.54) is 0 Å². The fourth-order valence-electron chi connectivity index (χ4n) is 1.51. The van der Waals surface area contributed by atoms with Gasteiger partial charge in [0.1, 0.15) is 0 Å². The van der Waals surface area contributed by atoms with Crippen LogP contribution in [-0.4, -0.2) is 9.78 Å². The van der Waals surface area contributed by atoms with Gasteiger partial charge < -0.3 is 0 Å². The zero-order valence-electron chi connectivity index (χ0n) is 9.38. The summed E-state index contributed by atoms with van der Waals surface area (Å²) in [6.45, 7) is 4.22. The zero-order valence-corrected chi connectivity index (χ0v) is 9.38. The van der Waals surface area contributed by atoms with Crippen LogP contribution in [0.25, 0.3) is 5.69 Å². The normalized spacial score (nSPS) is 10.4. The summed E-state index contributed by atoms with van der Waals surface area (Å²) in [5.74, 6) is 0.417. The fourth-order valence-corrected chi connectivity index (χ4v) is 1.51. The Kier molecular flexibility index (Phi) is 2.74. The second-order valence-corrected chi connectivity index (χ2v) is 4.00. The van der Waals surface area contributed by atoms with E-state index in [4.69, 9.17) is 5.26 Å². The van der Waals surface area contributed by atoms with Crippen molar-refractivity contribution in [1.82, 2.24) is 9.78 Å². The third-order valence-electron chi connectivity index (χ3n) is 2.44. The van der Waals surface area contributed by atoms with Crippen molar-refractivity contribution in [3.8, 4) is 11.8 Å². The van der Waals surface area contributed by atoms with Gasteiger partial charge in [-0.05, 0) is 30.2 Å². The maximum atomic E-state index is 8.82. The van der Waals surface area contributed by atoms with E-state index in [-0.39, 0.29) is 0 Å². The van der Waals surface area contributed by atoms with Crippen molar-refractivity contribution in [1.29, 1.82) is 5.26 Å². The first kappa shape index (κ1) is 10.4. The number of hydrogen-bond acceptors (Lipinski definition) is 2. The van der Waals surface area contributed by atoms with Crippen LogP contribution in [0.3, 0.4) is 0 Å². The van der Waals surface area contributed by atoms with Gasteiger partial charge in [-0.3, -0.25) is 0 Å². The smallest absolute Gasteiger partial charge is 0.0992 e. The molecule has 2 rings (SSSR count). The third kappa shape index (κ3) is 1.96. The molecule has 0 spiro atoms. The Balaban J connectivity index is 2.39. The van der Waals surface area contributed by atoms with Crippen LogP contribution >= 0.6 is 0 Å². The van der Waals surface area contributed by atoms with Crippen molar-refractivity contribution in [2.24, 2.45) is 0 Å². The minimum atomic E-state index is 0.417. The molecule has 1 heterocycles. The van der Waals surface area contributed by atoms with Gasteiger partial charge in [-0.1, -0.05) is 19.9 Å². The van der Waals surface area contributed by atoms with E-state index >= 15 is 0 Å². The van der Waals surface area contributed by atoms with Crippen molar-refractivity contribution < 1.29 is 0 Å². The van der Waals surface area contributed by atoms with E-state index in [2.05, 4.69) is 25.0 Å². The van der Waals surface area contributed by atoms with Gasteiger partial charge in [0.15, 0.2) is 0 Å². The van der Waals surface area contributed by atoms with Gasteiger partial charge >= 0.3 is 0 Å². The van der Waals surface area contributed by atoms with E-state index in [0.29, 0.717) is 11.5 Å². The minimum absolute atomic E-state index is 0.417. The second-order valence-electron chi connectivity index (χ2n) is 4.00. The molecule has 0 amide bonds. The molecule has 2 aromatic rings. The lowest BCUT2D eigenvalue weighted by Gasteiger charge is -2.02. The molecule has 1 aromatic carbocycles. The summed E-state index contributed by atoms with van der Waals surface area (Å²) >= 11 is 0. The molecule has 0 unspecified atom stereocenters. The van der Waals surface area contributed by atoms with Gasteiger partial charge in [0, 0.05) is 6.20 Å². The highest BCUT2D eigenvalue weighted by Gasteiger charge is 2.04. The summed E-state index contributed by atoms with van der Waals surface area (Å²) in [7, 11) is 0. The van der Waals surface area contributed by atoms with Crippen molar-refractivity contribution >= 4 is 0 Å². The van der Waals surface area contributed by atoms with Gasteiger partial charge in [-0.15, -0.1) is 0 Å². The highest BCUT2D eigenvalue weighted by molar-refractivity contribution is 5.40. The molecule has 0 bridgehead atoms. The zero-order chi connectivity index (χ0) is 11.5. The van der Waals surface area contributed by atoms with Crippen molar-refractivity contribution in [2.75, 3.05) is 0 Å². The Hall–Kier alpha value is -2.08. The molecule has 1 aromatic heterocycles. The third-order valence-corrected chi connectivity index (χ3v) is 2.44. The summed E-state index contributed by atoms with van der Waals surface area (Å²) in [5, 5.41) is 13.3. The summed E-state index contributed by atoms with van der Waals surface area (Å²) in [4.78, 5) is 0. The van der Waals surface area contributed by atoms with Crippen LogP contribution in [-0.2, 0) is 0 Å². The number of nitriles is 1. The molecule has 3 nitrogen and oxygen atoms in total. The largest absolute Gasteiger partial charge is 0.241 e. The molecule has 80 valence electrons. The van der Waals surface area contributed by atoms with Gasteiger partial charge in [0.25, 0.3) is 0 Å². The molecule has 0 saturated heterocycles. The first-order valence-corrected chi connectivity index (χ1v) is 5.27. The molecule has 16 heavy (non-hydrogen) atoms. The van der Waals surface area contributed by atoms with Crippen LogP contribution in [0.4, 0.5) is 0 Å². The molecule has 0 saturated carbocycles. The molecule has 0 radical (unpaired) electrons. The minimum Gasteiger partial charge on any atom is -0.241 e. The second kappa shape index (κ2) is 4.19. The summed E-state index contributed by atoms with van der Waals surface area (Å²) in [5.41, 5.74) is 2.63. The topological polar surface area (TPSA) is 41.6 Å². The summed E-state index contributed by atoms with van der Waals surface area (Å²) in [6.07, 6.45) is 1.92. The van der Waals surface area contributed by atoms with E-state index in [0.717, 1.165) is 11.4 Å². The lowest BCUT2D eigenvalue weighted by molar-refractivity contribution is 0.768. The first-order chi connectivity index (χ1) is 7.70. The number of hydrogen-bond donors (Lipinski definition) is 0. The number of aromatic nitrogens is 2. The predicted octanol–water partition coefficient (Wildman–Crippen LogP) is 2.87. The van der Waals surface area contributed by atoms with Crippen LogP contribution in [0.15, 0.2) is 36.5 Å². The molecule has 0 aliphatic heterocycles. The summed E-state index contributed by atoms with van der Waals surface area (Å²) in [6, 6.07) is 11.6. The van der Waals surface area contributed by atoms with E-state index < -0.39 is 0 Å². The van der Waals surface area contributed by atoms with Crippen molar-refractivity contribution in [3.05, 3.63) is 47.8 Å². The molecular weight excluding hydrogens is 198 g/mol. The van der Waals surface area contributed by atoms with E-state index in [1.807, 2.05) is 30.5 Å². The van der Waals surface area contributed by atoms with Crippen LogP contribution in [0.2, 0.25) is 0 Å². The number of rotatable bonds is 2. The van der Waals surface area contributed by atoms with Crippen molar-refractivity contribution in [2.45, 2.75) is 19.8 Å². The van der Waals surface area contributed by atoms with Gasteiger partial charge in [-0.2, -0.15) is 10.4 Å². The number of benzene rings is 1. The van der Waals surface area contributed by atoms with E-state index in [9.17, 15) is 0 Å². The predicted molar refractivity (Wildman–Crippen MR) is 62.4 cm³/mol. The van der Waals surface area contributed by atoms with Crippen LogP contribution in [0.1, 0.15) is 31.0 Å². The van der Waals surface area contributed by atoms with Crippen molar-refractivity contribution in [3.63, 3.8) is 0 Å². The Morgan fingerprint density at radius 1 is 1.31 bits per heavy atom. The van der Waals surface area contributed by atoms with Gasteiger partial charge in [0.2, 0.25) is 0 Å². The van der Waals surface area contributed by atoms with Gasteiger partial charge in [0.05, 0.1) is 23.0 Å². The lowest BCUT2D eigenvalue weighted by atomic mass is 10.1. The SMILES string of the molecule is CC(C)c1ccn(-c2cccc(C#N)c2)n1. The highest BCUT2D eigenvalue weighted by Crippen LogP contribution is 2.14. The Morgan fingerprint density at radius 3 is 2.75 bits per heavy atom. The molecule has 0 atom stereocenters. The first-order valence-electron chi connectivity index (χ1n) is 5.27. The van der Waals surface area contributed by atoms with Crippen LogP contribution < -0.4 is 0 Å². The molecule has 0 fully saturated rings. The quantitative estimate of drug-likeness (QED) is 0.766. The Labute approximate surface area is 94.9 Å². The molecule has 0 N–H and O–H groups in total. The standard InChI is InChI=1S/C13H13N3/c1-10(2)13-6-7-16(15-13)12-5-3-4-11(8-12)9-14/h3-8,10H,1-2H3. The Morgan fingerprint density at radius 2 is 2.12 bits per heavy atom. The van der Waals surface area contributed by atoms with Gasteiger partial charge in [-0.25, -0.2) is 4.68 Å². The Bertz CT molecular complexity index is 532. The maximum Gasteiger partial charge on any atom is 0.0992 e. The molecule has 0 aliphatic rings. The monoisotopic (exact) mass is 211 g/mol. The van der Waals surface area contributed by atoms with E-state index in [1.54, 1.807) is 10.7 Å². The lowest BCUT2D eigenvalue weighted by Crippen LogP contribution is -1.97. The number of nitrogens with zero attached hydrogens (tertiary/aromatic N) is 3. The maximum absolute atomic E-state index is 8.82. The highest BCUT2D eigenvalue weighted by atomic mass is 15.3. The molecule has 0 aliphatic carbocycles. The average molecular weight is 211 g/mol. The summed E-state index contributed by atoms with van der Waals surface area (Å²) < 4.78 is 1.80. The molecular formula is C13H13N3. The fraction of sp³-hybridized carbons (Fsp3) is 0.231. The average Bonchev–Trinajstić information content (AvgIpc) is 2.78. The molecule has 3 heteroatoms.